The Hall–Kier alpha value is -0.965. The molecule has 0 fully saturated rings. The van der Waals surface area contributed by atoms with Crippen LogP contribution in [0.2, 0.25) is 13.1 Å². The Morgan fingerprint density at radius 3 is 2.94 bits per heavy atom. The zero-order chi connectivity index (χ0) is 11.5. The van der Waals surface area contributed by atoms with Gasteiger partial charge in [0.05, 0.1) is 10.9 Å². The van der Waals surface area contributed by atoms with Gasteiger partial charge in [-0.05, 0) is 23.8 Å². The molecule has 0 radical (unpaired) electrons. The Morgan fingerprint density at radius 2 is 2.19 bits per heavy atom. The number of H-pyrrole nitrogens is 2. The lowest BCUT2D eigenvalue weighted by Crippen LogP contribution is -2.12. The Labute approximate surface area is 103 Å². The van der Waals surface area contributed by atoms with Crippen molar-refractivity contribution in [3.05, 3.63) is 34.1 Å². The summed E-state index contributed by atoms with van der Waals surface area (Å²) in [6.07, 6.45) is 2.17. The maximum Gasteiger partial charge on any atom is 0.271 e. The van der Waals surface area contributed by atoms with Gasteiger partial charge in [-0.15, -0.1) is 0 Å². The van der Waals surface area contributed by atoms with E-state index in [0.717, 1.165) is 28.9 Å². The van der Waals surface area contributed by atoms with Crippen molar-refractivity contribution >= 4 is 33.5 Å². The van der Waals surface area contributed by atoms with Crippen LogP contribution in [-0.4, -0.2) is 22.2 Å². The molecular weight excluding hydrogens is 267 g/mol. The van der Waals surface area contributed by atoms with Gasteiger partial charge in [-0.3, -0.25) is 15.0 Å². The van der Waals surface area contributed by atoms with E-state index in [1.165, 1.54) is 5.56 Å². The van der Waals surface area contributed by atoms with Gasteiger partial charge in [0.2, 0.25) is 0 Å². The molecule has 2 rings (SSSR count). The zero-order valence-corrected chi connectivity index (χ0v) is 10.8. The van der Waals surface area contributed by atoms with E-state index in [-0.39, 0.29) is 5.56 Å². The molecule has 2 aromatic rings. The normalized spacial score (nSPS) is 10.9. The predicted octanol–water partition coefficient (Wildman–Crippen LogP) is 2.46. The smallest absolute Gasteiger partial charge is 0.271 e. The first-order valence-corrected chi connectivity index (χ1v) is 6.58. The van der Waals surface area contributed by atoms with Gasteiger partial charge in [0.1, 0.15) is 6.71 Å². The van der Waals surface area contributed by atoms with Gasteiger partial charge in [-0.25, -0.2) is 0 Å². The second-order valence-corrected chi connectivity index (χ2v) is 5.04. The van der Waals surface area contributed by atoms with Crippen molar-refractivity contribution < 1.29 is 0 Å². The van der Waals surface area contributed by atoms with Crippen LogP contribution in [0.25, 0.3) is 10.9 Å². The van der Waals surface area contributed by atoms with Crippen LogP contribution in [0.4, 0.5) is 0 Å². The van der Waals surface area contributed by atoms with E-state index in [1.807, 2.05) is 12.1 Å². The van der Waals surface area contributed by atoms with Gasteiger partial charge in [0.25, 0.3) is 5.56 Å². The number of rotatable bonds is 4. The lowest BCUT2D eigenvalue weighted by Gasteiger charge is -2.05. The Morgan fingerprint density at radius 1 is 1.38 bits per heavy atom. The minimum Gasteiger partial charge on any atom is -0.298 e. The molecule has 84 valence electrons. The van der Waals surface area contributed by atoms with Crippen molar-refractivity contribution in [3.8, 4) is 0 Å². The zero-order valence-electron chi connectivity index (χ0n) is 9.22. The monoisotopic (exact) mass is 280 g/mol. The summed E-state index contributed by atoms with van der Waals surface area (Å²) < 4.78 is 0. The molecular formula is C11H14BBrN2O. The highest BCUT2D eigenvalue weighted by molar-refractivity contribution is 9.09. The minimum absolute atomic E-state index is 0.0370. The molecule has 0 saturated carbocycles. The molecule has 3 nitrogen and oxygen atoms in total. The number of halogens is 1. The van der Waals surface area contributed by atoms with Crippen molar-refractivity contribution in [1.29, 1.82) is 0 Å². The van der Waals surface area contributed by atoms with Crippen LogP contribution in [0.1, 0.15) is 5.56 Å². The molecule has 1 aromatic heterocycles. The molecule has 0 bridgehead atoms. The van der Waals surface area contributed by atoms with Gasteiger partial charge >= 0.3 is 0 Å². The second-order valence-electron chi connectivity index (χ2n) is 4.25. The van der Waals surface area contributed by atoms with Crippen LogP contribution in [0.3, 0.4) is 0 Å². The maximum atomic E-state index is 11.4. The van der Waals surface area contributed by atoms with Crippen molar-refractivity contribution in [2.45, 2.75) is 19.5 Å². The van der Waals surface area contributed by atoms with Crippen LogP contribution >= 0.6 is 15.9 Å². The minimum atomic E-state index is -0.0370. The van der Waals surface area contributed by atoms with Gasteiger partial charge in [-0.1, -0.05) is 40.7 Å². The molecule has 5 heteroatoms. The fraction of sp³-hybridized carbons (Fsp3) is 0.364. The molecule has 0 saturated heterocycles. The third kappa shape index (κ3) is 2.40. The third-order valence-electron chi connectivity index (χ3n) is 2.83. The maximum absolute atomic E-state index is 11.4. The highest BCUT2D eigenvalue weighted by Gasteiger charge is 2.08. The van der Waals surface area contributed by atoms with E-state index in [9.17, 15) is 4.79 Å². The van der Waals surface area contributed by atoms with Gasteiger partial charge in [0, 0.05) is 0 Å². The summed E-state index contributed by atoms with van der Waals surface area (Å²) in [4.78, 5) is 11.4. The van der Waals surface area contributed by atoms with Crippen LogP contribution in [0.15, 0.2) is 23.0 Å². The van der Waals surface area contributed by atoms with Crippen molar-refractivity contribution in [2.24, 2.45) is 0 Å². The molecule has 0 aliphatic rings. The SMILES string of the molecule is CB(CCBr)Cc1ccc2[nH][nH]c(=O)c2c1. The van der Waals surface area contributed by atoms with E-state index in [1.54, 1.807) is 0 Å². The van der Waals surface area contributed by atoms with Crippen molar-refractivity contribution in [1.82, 2.24) is 10.2 Å². The van der Waals surface area contributed by atoms with Gasteiger partial charge < -0.3 is 0 Å². The summed E-state index contributed by atoms with van der Waals surface area (Å²) in [7, 11) is 0. The van der Waals surface area contributed by atoms with Crippen LogP contribution in [0, 0.1) is 0 Å². The average Bonchev–Trinajstić information content (AvgIpc) is 2.61. The van der Waals surface area contributed by atoms with Crippen LogP contribution in [0.5, 0.6) is 0 Å². The van der Waals surface area contributed by atoms with Crippen LogP contribution < -0.4 is 5.56 Å². The van der Waals surface area contributed by atoms with Crippen LogP contribution in [-0.2, 0) is 6.32 Å². The summed E-state index contributed by atoms with van der Waals surface area (Å²) in [5, 5.41) is 7.22. The molecule has 0 aliphatic heterocycles. The molecule has 0 spiro atoms. The number of alkyl halides is 1. The standard InChI is InChI=1S/C11H14BBrN2O/c1-12(4-5-13)7-8-2-3-10-9(6-8)11(16)15-14-10/h2-3,6H,4-5,7H2,1H3,(H2,14,15,16). The molecule has 0 amide bonds. The summed E-state index contributed by atoms with van der Waals surface area (Å²) in [6.45, 7) is 2.86. The Kier molecular flexibility index (Phi) is 3.54. The fourth-order valence-corrected chi connectivity index (χ4v) is 2.68. The first-order chi connectivity index (χ1) is 7.70. The number of aromatic amines is 2. The summed E-state index contributed by atoms with van der Waals surface area (Å²) in [6, 6.07) is 6.02. The summed E-state index contributed by atoms with van der Waals surface area (Å²) in [5.41, 5.74) is 2.07. The van der Waals surface area contributed by atoms with E-state index in [0.29, 0.717) is 6.71 Å². The van der Waals surface area contributed by atoms with E-state index in [2.05, 4.69) is 39.0 Å². The Balaban J connectivity index is 2.25. The topological polar surface area (TPSA) is 48.6 Å². The number of aromatic nitrogens is 2. The van der Waals surface area contributed by atoms with Gasteiger partial charge in [-0.2, -0.15) is 0 Å². The fourth-order valence-electron chi connectivity index (χ4n) is 1.90. The van der Waals surface area contributed by atoms with Crippen molar-refractivity contribution in [3.63, 3.8) is 0 Å². The Bertz CT molecular complexity index is 534. The summed E-state index contributed by atoms with van der Waals surface area (Å²) in [5.74, 6) is 0. The average molecular weight is 281 g/mol. The largest absolute Gasteiger partial charge is 0.298 e. The number of hydrogen-bond donors (Lipinski definition) is 2. The number of hydrogen-bond acceptors (Lipinski definition) is 1. The lowest BCUT2D eigenvalue weighted by molar-refractivity contribution is 1.08. The number of nitrogens with one attached hydrogen (secondary N) is 2. The predicted molar refractivity (Wildman–Crippen MR) is 72.8 cm³/mol. The number of fused-ring (bicyclic) bond motifs is 1. The molecule has 1 heterocycles. The third-order valence-corrected chi connectivity index (χ3v) is 3.28. The molecule has 1 aromatic carbocycles. The highest BCUT2D eigenvalue weighted by Crippen LogP contribution is 2.12. The molecule has 0 atom stereocenters. The van der Waals surface area contributed by atoms with E-state index < -0.39 is 0 Å². The first-order valence-electron chi connectivity index (χ1n) is 5.46. The quantitative estimate of drug-likeness (QED) is 0.656. The van der Waals surface area contributed by atoms with E-state index in [4.69, 9.17) is 0 Å². The summed E-state index contributed by atoms with van der Waals surface area (Å²) >= 11 is 3.45. The van der Waals surface area contributed by atoms with Crippen molar-refractivity contribution in [2.75, 3.05) is 5.33 Å². The first kappa shape index (κ1) is 11.5. The van der Waals surface area contributed by atoms with Gasteiger partial charge in [0.15, 0.2) is 0 Å². The lowest BCUT2D eigenvalue weighted by atomic mass is 9.46. The second kappa shape index (κ2) is 4.91. The van der Waals surface area contributed by atoms with E-state index >= 15 is 0 Å². The highest BCUT2D eigenvalue weighted by atomic mass is 79.9. The molecule has 0 unspecified atom stereocenters. The molecule has 2 N–H and O–H groups in total. The molecule has 16 heavy (non-hydrogen) atoms. The number of benzene rings is 1. The molecule has 0 aliphatic carbocycles.